The van der Waals surface area contributed by atoms with E-state index >= 15 is 0 Å². The Hall–Kier alpha value is -2.08. The molecule has 0 saturated heterocycles. The highest BCUT2D eigenvalue weighted by Crippen LogP contribution is 2.32. The lowest BCUT2D eigenvalue weighted by atomic mass is 10.2. The fraction of sp³-hybridized carbons (Fsp3) is 0.250. The van der Waals surface area contributed by atoms with Gasteiger partial charge in [-0.1, -0.05) is 11.6 Å². The summed E-state index contributed by atoms with van der Waals surface area (Å²) in [6.07, 6.45) is 2.83. The first-order valence-corrected chi connectivity index (χ1v) is 6.26. The van der Waals surface area contributed by atoms with Crippen LogP contribution in [0.15, 0.2) is 18.2 Å². The normalized spacial score (nSPS) is 13.5. The second-order valence-electron chi connectivity index (χ2n) is 4.47. The third-order valence-electron chi connectivity index (χ3n) is 3.33. The van der Waals surface area contributed by atoms with Gasteiger partial charge in [-0.2, -0.15) is 5.10 Å². The first-order valence-electron chi connectivity index (χ1n) is 5.88. The van der Waals surface area contributed by atoms with Crippen LogP contribution in [-0.4, -0.2) is 14.7 Å². The molecule has 0 amide bonds. The number of nitrogens with two attached hydrogens (primary N) is 1. The van der Waals surface area contributed by atoms with E-state index in [-0.39, 0.29) is 10.7 Å². The number of nitrogen functional groups attached to an aromatic ring is 1. The minimum Gasteiger partial charge on any atom is -0.382 e. The number of fused-ring (bicyclic) bond motifs is 1. The minimum atomic E-state index is -0.501. The predicted molar refractivity (Wildman–Crippen MR) is 71.7 cm³/mol. The maximum Gasteiger partial charge on any atom is 0.290 e. The molecule has 0 atom stereocenters. The second-order valence-corrected chi connectivity index (χ2v) is 4.88. The SMILES string of the molecule is Nc1nn(-c2ccc(Cl)c([N+](=O)[O-])c2)c2c1CCC2. The van der Waals surface area contributed by atoms with E-state index in [2.05, 4.69) is 5.10 Å². The summed E-state index contributed by atoms with van der Waals surface area (Å²) in [5, 5.41) is 15.3. The van der Waals surface area contributed by atoms with Crippen LogP contribution in [-0.2, 0) is 12.8 Å². The summed E-state index contributed by atoms with van der Waals surface area (Å²) in [4.78, 5) is 10.4. The van der Waals surface area contributed by atoms with Crippen LogP contribution in [0.5, 0.6) is 0 Å². The van der Waals surface area contributed by atoms with Crippen molar-refractivity contribution in [2.75, 3.05) is 5.73 Å². The van der Waals surface area contributed by atoms with Crippen LogP contribution in [0, 0.1) is 10.1 Å². The number of rotatable bonds is 2. The highest BCUT2D eigenvalue weighted by Gasteiger charge is 2.23. The number of hydrogen-bond donors (Lipinski definition) is 1. The van der Waals surface area contributed by atoms with Crippen molar-refractivity contribution in [3.63, 3.8) is 0 Å². The summed E-state index contributed by atoms with van der Waals surface area (Å²) >= 11 is 5.81. The molecule has 1 aliphatic carbocycles. The van der Waals surface area contributed by atoms with E-state index < -0.39 is 4.92 Å². The van der Waals surface area contributed by atoms with Crippen molar-refractivity contribution >= 4 is 23.1 Å². The van der Waals surface area contributed by atoms with Gasteiger partial charge in [0.1, 0.15) is 10.8 Å². The number of benzene rings is 1. The molecule has 7 heteroatoms. The molecule has 0 unspecified atom stereocenters. The minimum absolute atomic E-state index is 0.116. The zero-order valence-corrected chi connectivity index (χ0v) is 10.7. The molecule has 1 heterocycles. The fourth-order valence-corrected chi connectivity index (χ4v) is 2.64. The maximum absolute atomic E-state index is 10.9. The molecule has 2 aromatic rings. The van der Waals surface area contributed by atoms with Crippen LogP contribution < -0.4 is 5.73 Å². The lowest BCUT2D eigenvalue weighted by molar-refractivity contribution is -0.384. The molecular formula is C12H11ClN4O2. The van der Waals surface area contributed by atoms with Gasteiger partial charge in [-0.25, -0.2) is 4.68 Å². The van der Waals surface area contributed by atoms with Crippen molar-refractivity contribution in [2.24, 2.45) is 0 Å². The van der Waals surface area contributed by atoms with Crippen LogP contribution in [0.25, 0.3) is 5.69 Å². The molecule has 1 aromatic carbocycles. The standard InChI is InChI=1S/C12H11ClN4O2/c13-9-5-4-7(6-11(9)17(18)19)16-10-3-1-2-8(10)12(14)15-16/h4-6H,1-3H2,(H2,14,15). The van der Waals surface area contributed by atoms with Gasteiger partial charge in [-0.05, 0) is 31.4 Å². The molecule has 0 aliphatic heterocycles. The monoisotopic (exact) mass is 278 g/mol. The molecular weight excluding hydrogens is 268 g/mol. The number of nitro benzene ring substituents is 1. The zero-order chi connectivity index (χ0) is 13.6. The highest BCUT2D eigenvalue weighted by molar-refractivity contribution is 6.32. The number of halogens is 1. The third-order valence-corrected chi connectivity index (χ3v) is 3.65. The van der Waals surface area contributed by atoms with Crippen LogP contribution in [0.2, 0.25) is 5.02 Å². The van der Waals surface area contributed by atoms with E-state index in [1.54, 1.807) is 10.7 Å². The average Bonchev–Trinajstić information content (AvgIpc) is 2.94. The molecule has 0 saturated carbocycles. The van der Waals surface area contributed by atoms with Crippen molar-refractivity contribution in [2.45, 2.75) is 19.3 Å². The highest BCUT2D eigenvalue weighted by atomic mass is 35.5. The molecule has 0 fully saturated rings. The van der Waals surface area contributed by atoms with Crippen molar-refractivity contribution in [3.8, 4) is 5.69 Å². The first kappa shape index (κ1) is 12.0. The molecule has 1 aliphatic rings. The van der Waals surface area contributed by atoms with E-state index in [1.807, 2.05) is 0 Å². The molecule has 1 aromatic heterocycles. The van der Waals surface area contributed by atoms with Gasteiger partial charge in [0.05, 0.1) is 10.6 Å². The van der Waals surface area contributed by atoms with Crippen LogP contribution in [0.1, 0.15) is 17.7 Å². The summed E-state index contributed by atoms with van der Waals surface area (Å²) in [6.45, 7) is 0. The Labute approximate surface area is 113 Å². The van der Waals surface area contributed by atoms with Gasteiger partial charge in [0.25, 0.3) is 5.69 Å². The van der Waals surface area contributed by atoms with Gasteiger partial charge in [0.15, 0.2) is 0 Å². The van der Waals surface area contributed by atoms with Crippen LogP contribution in [0.3, 0.4) is 0 Å². The lowest BCUT2D eigenvalue weighted by Gasteiger charge is -2.05. The summed E-state index contributed by atoms with van der Waals surface area (Å²) < 4.78 is 1.68. The summed E-state index contributed by atoms with van der Waals surface area (Å²) in [5.41, 5.74) is 8.45. The number of aromatic nitrogens is 2. The number of hydrogen-bond acceptors (Lipinski definition) is 4. The number of nitro groups is 1. The number of nitrogens with zero attached hydrogens (tertiary/aromatic N) is 3. The van der Waals surface area contributed by atoms with Crippen molar-refractivity contribution in [3.05, 3.63) is 44.6 Å². The molecule has 6 nitrogen and oxygen atoms in total. The summed E-state index contributed by atoms with van der Waals surface area (Å²) in [7, 11) is 0. The van der Waals surface area contributed by atoms with Gasteiger partial charge in [0, 0.05) is 17.3 Å². The summed E-state index contributed by atoms with van der Waals surface area (Å²) in [6, 6.07) is 4.64. The van der Waals surface area contributed by atoms with Gasteiger partial charge in [0.2, 0.25) is 0 Å². The Kier molecular flexibility index (Phi) is 2.67. The van der Waals surface area contributed by atoms with E-state index in [0.29, 0.717) is 11.5 Å². The first-order chi connectivity index (χ1) is 9.08. The Morgan fingerprint density at radius 2 is 2.21 bits per heavy atom. The molecule has 98 valence electrons. The van der Waals surface area contributed by atoms with Crippen molar-refractivity contribution < 1.29 is 4.92 Å². The molecule has 0 spiro atoms. The molecule has 2 N–H and O–H groups in total. The maximum atomic E-state index is 10.9. The lowest BCUT2D eigenvalue weighted by Crippen LogP contribution is -2.02. The van der Waals surface area contributed by atoms with Gasteiger partial charge in [-0.15, -0.1) is 0 Å². The zero-order valence-electron chi connectivity index (χ0n) is 9.97. The molecule has 3 rings (SSSR count). The molecule has 19 heavy (non-hydrogen) atoms. The van der Waals surface area contributed by atoms with Gasteiger partial charge < -0.3 is 5.73 Å². The second kappa shape index (κ2) is 4.24. The van der Waals surface area contributed by atoms with Gasteiger partial charge >= 0.3 is 0 Å². The van der Waals surface area contributed by atoms with E-state index in [1.165, 1.54) is 12.1 Å². The van der Waals surface area contributed by atoms with Crippen molar-refractivity contribution in [1.29, 1.82) is 0 Å². The molecule has 0 bridgehead atoms. The fourth-order valence-electron chi connectivity index (χ4n) is 2.45. The Bertz CT molecular complexity index is 681. The predicted octanol–water partition coefficient (Wildman–Crippen LogP) is 2.50. The van der Waals surface area contributed by atoms with Crippen LogP contribution in [0.4, 0.5) is 11.5 Å². The smallest absolute Gasteiger partial charge is 0.290 e. The Morgan fingerprint density at radius 1 is 1.42 bits per heavy atom. The Morgan fingerprint density at radius 3 is 2.95 bits per heavy atom. The largest absolute Gasteiger partial charge is 0.382 e. The summed E-state index contributed by atoms with van der Waals surface area (Å²) in [5.74, 6) is 0.505. The quantitative estimate of drug-likeness (QED) is 0.675. The van der Waals surface area contributed by atoms with E-state index in [9.17, 15) is 10.1 Å². The van der Waals surface area contributed by atoms with Gasteiger partial charge in [-0.3, -0.25) is 10.1 Å². The van der Waals surface area contributed by atoms with E-state index in [4.69, 9.17) is 17.3 Å². The van der Waals surface area contributed by atoms with Crippen molar-refractivity contribution in [1.82, 2.24) is 9.78 Å². The van der Waals surface area contributed by atoms with E-state index in [0.717, 1.165) is 30.5 Å². The average molecular weight is 279 g/mol. The topological polar surface area (TPSA) is 87.0 Å². The molecule has 0 radical (unpaired) electrons. The third kappa shape index (κ3) is 1.84. The Balaban J connectivity index is 2.15. The van der Waals surface area contributed by atoms with Crippen LogP contribution >= 0.6 is 11.6 Å². The number of anilines is 1.